The van der Waals surface area contributed by atoms with Crippen LogP contribution >= 0.6 is 11.6 Å². The van der Waals surface area contributed by atoms with E-state index in [4.69, 9.17) is 44.8 Å². The Balaban J connectivity index is 1.25. The molecular formula is C40H51ClN2O10. The summed E-state index contributed by atoms with van der Waals surface area (Å²) in [6.07, 6.45) is -1.83. The first-order valence-corrected chi connectivity index (χ1v) is 18.6. The third-order valence-corrected chi connectivity index (χ3v) is 9.35. The number of fused-ring (bicyclic) bond motifs is 1. The van der Waals surface area contributed by atoms with Gasteiger partial charge in [-0.15, -0.1) is 0 Å². The van der Waals surface area contributed by atoms with Gasteiger partial charge in [0.2, 0.25) is 6.29 Å². The molecule has 0 aromatic heterocycles. The molecule has 13 heteroatoms. The van der Waals surface area contributed by atoms with E-state index in [1.807, 2.05) is 54.6 Å². The minimum atomic E-state index is -1.09. The van der Waals surface area contributed by atoms with Gasteiger partial charge in [-0.25, -0.2) is 4.79 Å². The first-order valence-electron chi connectivity index (χ1n) is 18.2. The fourth-order valence-corrected chi connectivity index (χ4v) is 6.49. The van der Waals surface area contributed by atoms with E-state index in [1.54, 1.807) is 27.0 Å². The van der Waals surface area contributed by atoms with Crippen LogP contribution in [0, 0.1) is 5.92 Å². The summed E-state index contributed by atoms with van der Waals surface area (Å²) in [5.74, 6) is 0.827. The summed E-state index contributed by atoms with van der Waals surface area (Å²) < 4.78 is 40.1. The number of hydrogen-bond donors (Lipinski definition) is 1. The zero-order valence-corrected chi connectivity index (χ0v) is 31.7. The maximum absolute atomic E-state index is 13.2. The van der Waals surface area contributed by atoms with Crippen LogP contribution in [0.25, 0.3) is 0 Å². The van der Waals surface area contributed by atoms with Crippen LogP contribution in [-0.4, -0.2) is 100 Å². The summed E-state index contributed by atoms with van der Waals surface area (Å²) in [6, 6.07) is 20.9. The summed E-state index contributed by atoms with van der Waals surface area (Å²) in [5, 5.41) is 12.1. The van der Waals surface area contributed by atoms with Gasteiger partial charge in [-0.1, -0.05) is 55.8 Å². The van der Waals surface area contributed by atoms with Crippen LogP contribution in [-0.2, 0) is 30.3 Å². The van der Waals surface area contributed by atoms with Gasteiger partial charge >= 0.3 is 12.1 Å². The Hall–Kier alpha value is -4.23. The summed E-state index contributed by atoms with van der Waals surface area (Å²) in [6.45, 7) is 9.06. The lowest BCUT2D eigenvalue weighted by molar-refractivity contribution is -0.171. The van der Waals surface area contributed by atoms with Gasteiger partial charge in [0, 0.05) is 39.5 Å². The average Bonchev–Trinajstić information content (AvgIpc) is 3.14. The second-order valence-corrected chi connectivity index (χ2v) is 13.8. The van der Waals surface area contributed by atoms with E-state index >= 15 is 0 Å². The maximum atomic E-state index is 13.2. The van der Waals surface area contributed by atoms with Gasteiger partial charge in [0.25, 0.3) is 0 Å². The van der Waals surface area contributed by atoms with Crippen molar-refractivity contribution in [3.63, 3.8) is 0 Å². The highest BCUT2D eigenvalue weighted by molar-refractivity contribution is 6.32. The Morgan fingerprint density at radius 3 is 2.47 bits per heavy atom. The number of methoxy groups -OCH3 is 1. The standard InChI is InChI=1S/C40H51ClN2O10/c1-27(2)39(45)52-28(3)53-40(46)43-24-34(44)38(30-12-14-31(15-13-30)48-20-8-21-49-35-10-6-5-9-32(35)41)37(25-43)51-26-29-11-16-36-33(23-29)42(18-22-50-36)17-7-19-47-4/h5-6,9-16,23,27-28,34,37-38,44H,7-8,17-22,24-26H2,1-4H3/t28?,34-,37+,38+/m1/s1. The fourth-order valence-electron chi connectivity index (χ4n) is 6.30. The Bertz CT molecular complexity index is 1620. The molecule has 3 aromatic carbocycles. The largest absolute Gasteiger partial charge is 0.493 e. The molecule has 1 unspecified atom stereocenters. The second kappa shape index (κ2) is 19.7. The molecule has 288 valence electrons. The van der Waals surface area contributed by atoms with Crippen molar-refractivity contribution in [1.29, 1.82) is 0 Å². The highest BCUT2D eigenvalue weighted by Gasteiger charge is 2.40. The van der Waals surface area contributed by atoms with Gasteiger partial charge < -0.3 is 48.1 Å². The van der Waals surface area contributed by atoms with E-state index in [9.17, 15) is 14.7 Å². The molecule has 1 N–H and O–H groups in total. The topological polar surface area (TPSA) is 125 Å². The van der Waals surface area contributed by atoms with Crippen LogP contribution in [0.2, 0.25) is 5.02 Å². The first kappa shape index (κ1) is 40.0. The Morgan fingerprint density at radius 2 is 1.72 bits per heavy atom. The van der Waals surface area contributed by atoms with Gasteiger partial charge in [-0.3, -0.25) is 4.79 Å². The minimum Gasteiger partial charge on any atom is -0.493 e. The number of aliphatic hydroxyl groups excluding tert-OH is 1. The molecule has 5 rings (SSSR count). The van der Waals surface area contributed by atoms with Crippen molar-refractivity contribution >= 4 is 29.4 Å². The molecule has 12 nitrogen and oxygen atoms in total. The molecule has 2 heterocycles. The number of β-amino-alcohol motifs (C(OH)–C–C–N with tert-alkyl or cyclic N) is 1. The molecule has 1 fully saturated rings. The first-order chi connectivity index (χ1) is 25.6. The monoisotopic (exact) mass is 754 g/mol. The second-order valence-electron chi connectivity index (χ2n) is 13.4. The lowest BCUT2D eigenvalue weighted by atomic mass is 9.84. The predicted molar refractivity (Wildman–Crippen MR) is 200 cm³/mol. The van der Waals surface area contributed by atoms with Crippen LogP contribution in [0.15, 0.2) is 66.7 Å². The average molecular weight is 755 g/mol. The quantitative estimate of drug-likeness (QED) is 0.0929. The number of hydrogen-bond acceptors (Lipinski definition) is 11. The van der Waals surface area contributed by atoms with Crippen molar-refractivity contribution in [3.8, 4) is 17.2 Å². The molecule has 3 aromatic rings. The van der Waals surface area contributed by atoms with Crippen LogP contribution in [0.1, 0.15) is 50.7 Å². The van der Waals surface area contributed by atoms with E-state index < -0.39 is 36.5 Å². The summed E-state index contributed by atoms with van der Waals surface area (Å²) in [5.41, 5.74) is 2.76. The Labute approximate surface area is 316 Å². The van der Waals surface area contributed by atoms with Crippen molar-refractivity contribution in [2.45, 2.75) is 64.6 Å². The number of anilines is 1. The summed E-state index contributed by atoms with van der Waals surface area (Å²) >= 11 is 6.17. The van der Waals surface area contributed by atoms with Gasteiger partial charge in [-0.05, 0) is 53.9 Å². The Morgan fingerprint density at radius 1 is 0.943 bits per heavy atom. The number of benzene rings is 3. The number of aliphatic hydroxyl groups is 1. The smallest absolute Gasteiger partial charge is 0.413 e. The number of rotatable bonds is 17. The SMILES string of the molecule is COCCCN1CCOc2ccc(CO[C@H]3CN(C(=O)OC(C)OC(=O)C(C)C)C[C@@H](O)[C@@H]3c3ccc(OCCCOc4ccccc4Cl)cc3)cc21. The molecule has 0 saturated carbocycles. The zero-order valence-electron chi connectivity index (χ0n) is 30.9. The number of nitrogens with zero attached hydrogens (tertiary/aromatic N) is 2. The van der Waals surface area contributed by atoms with Crippen LogP contribution in [0.4, 0.5) is 10.5 Å². The minimum absolute atomic E-state index is 0.00447. The Kier molecular flexibility index (Phi) is 14.9. The summed E-state index contributed by atoms with van der Waals surface area (Å²) in [4.78, 5) is 29.0. The van der Waals surface area contributed by atoms with Crippen LogP contribution in [0.5, 0.6) is 17.2 Å². The van der Waals surface area contributed by atoms with Crippen molar-refractivity contribution in [1.82, 2.24) is 4.90 Å². The number of amides is 1. The molecule has 0 aliphatic carbocycles. The van der Waals surface area contributed by atoms with Gasteiger partial charge in [0.1, 0.15) is 23.9 Å². The van der Waals surface area contributed by atoms with Gasteiger partial charge in [0.15, 0.2) is 0 Å². The van der Waals surface area contributed by atoms with E-state index in [0.29, 0.717) is 49.4 Å². The third-order valence-electron chi connectivity index (χ3n) is 9.04. The number of likely N-dealkylation sites (tertiary alicyclic amines) is 1. The maximum Gasteiger partial charge on any atom is 0.413 e. The van der Waals surface area contributed by atoms with E-state index in [0.717, 1.165) is 42.1 Å². The van der Waals surface area contributed by atoms with E-state index in [1.165, 1.54) is 11.8 Å². The molecule has 0 bridgehead atoms. The molecule has 0 spiro atoms. The molecule has 4 atom stereocenters. The molecule has 0 radical (unpaired) electrons. The number of para-hydroxylation sites is 1. The van der Waals surface area contributed by atoms with Gasteiger partial charge in [0.05, 0.1) is 68.3 Å². The normalized spacial score (nSPS) is 18.9. The van der Waals surface area contributed by atoms with Crippen LogP contribution in [0.3, 0.4) is 0 Å². The van der Waals surface area contributed by atoms with Crippen molar-refractivity contribution in [2.75, 3.05) is 64.6 Å². The lowest BCUT2D eigenvalue weighted by Gasteiger charge is -2.41. The number of esters is 1. The molecule has 2 aliphatic heterocycles. The van der Waals surface area contributed by atoms with Gasteiger partial charge in [-0.2, -0.15) is 0 Å². The molecular weight excluding hydrogens is 704 g/mol. The predicted octanol–water partition coefficient (Wildman–Crippen LogP) is 6.45. The number of carbonyl (C=O) groups is 2. The zero-order chi connectivity index (χ0) is 37.7. The summed E-state index contributed by atoms with van der Waals surface area (Å²) in [7, 11) is 1.70. The highest BCUT2D eigenvalue weighted by Crippen LogP contribution is 2.36. The van der Waals surface area contributed by atoms with E-state index in [-0.39, 0.29) is 25.6 Å². The van der Waals surface area contributed by atoms with Crippen molar-refractivity contribution < 1.29 is 47.9 Å². The van der Waals surface area contributed by atoms with Crippen LogP contribution < -0.4 is 19.1 Å². The number of halogens is 1. The fraction of sp³-hybridized carbons (Fsp3) is 0.500. The number of piperidine rings is 1. The number of carbonyl (C=O) groups excluding carboxylic acids is 2. The van der Waals surface area contributed by atoms with Crippen molar-refractivity contribution in [3.05, 3.63) is 82.9 Å². The molecule has 53 heavy (non-hydrogen) atoms. The molecule has 2 aliphatic rings. The molecule has 1 saturated heterocycles. The van der Waals surface area contributed by atoms with E-state index in [2.05, 4.69) is 11.0 Å². The third kappa shape index (κ3) is 11.4. The van der Waals surface area contributed by atoms with Crippen molar-refractivity contribution in [2.24, 2.45) is 5.92 Å². The number of ether oxygens (including phenoxy) is 7. The molecule has 1 amide bonds. The highest BCUT2D eigenvalue weighted by atomic mass is 35.5. The lowest BCUT2D eigenvalue weighted by Crippen LogP contribution is -2.54.